The third-order valence-electron chi connectivity index (χ3n) is 2.59. The molecule has 16 heavy (non-hydrogen) atoms. The first-order valence-electron chi connectivity index (χ1n) is 5.69. The van der Waals surface area contributed by atoms with E-state index in [1.807, 2.05) is 16.9 Å². The molecule has 1 aromatic rings. The van der Waals surface area contributed by atoms with Crippen LogP contribution in [-0.2, 0) is 6.54 Å². The number of aromatic nitrogens is 2. The Labute approximate surface area is 97.3 Å². The van der Waals surface area contributed by atoms with Crippen LogP contribution in [0.15, 0.2) is 18.5 Å². The Morgan fingerprint density at radius 3 is 2.94 bits per heavy atom. The molecule has 0 saturated heterocycles. The predicted molar refractivity (Wildman–Crippen MR) is 63.7 cm³/mol. The molecule has 1 N–H and O–H groups in total. The molecule has 4 nitrogen and oxygen atoms in total. The van der Waals surface area contributed by atoms with E-state index in [1.165, 1.54) is 0 Å². The van der Waals surface area contributed by atoms with Crippen molar-refractivity contribution in [1.82, 2.24) is 15.1 Å². The van der Waals surface area contributed by atoms with E-state index in [-0.39, 0.29) is 5.41 Å². The van der Waals surface area contributed by atoms with E-state index in [2.05, 4.69) is 30.3 Å². The predicted octanol–water partition coefficient (Wildman–Crippen LogP) is 1.80. The van der Waals surface area contributed by atoms with Crippen molar-refractivity contribution >= 4 is 0 Å². The summed E-state index contributed by atoms with van der Waals surface area (Å²) in [6, 6.07) is 4.12. The van der Waals surface area contributed by atoms with Gasteiger partial charge in [0.05, 0.1) is 12.6 Å². The molecule has 88 valence electrons. The molecule has 0 radical (unpaired) electrons. The highest BCUT2D eigenvalue weighted by molar-refractivity contribution is 4.80. The Balaban J connectivity index is 2.12. The van der Waals surface area contributed by atoms with Crippen LogP contribution in [0, 0.1) is 16.7 Å². The minimum atomic E-state index is 0.194. The summed E-state index contributed by atoms with van der Waals surface area (Å²) < 4.78 is 1.91. The van der Waals surface area contributed by atoms with E-state index in [9.17, 15) is 0 Å². The van der Waals surface area contributed by atoms with Gasteiger partial charge in [-0.1, -0.05) is 13.8 Å². The van der Waals surface area contributed by atoms with Crippen molar-refractivity contribution < 1.29 is 0 Å². The summed E-state index contributed by atoms with van der Waals surface area (Å²) in [6.45, 7) is 7.12. The van der Waals surface area contributed by atoms with E-state index in [0.717, 1.165) is 26.1 Å². The summed E-state index contributed by atoms with van der Waals surface area (Å²) in [5, 5.41) is 16.1. The lowest BCUT2D eigenvalue weighted by molar-refractivity contribution is 0.315. The molecule has 1 rings (SSSR count). The van der Waals surface area contributed by atoms with Crippen molar-refractivity contribution in [2.45, 2.75) is 33.2 Å². The Morgan fingerprint density at radius 1 is 1.50 bits per heavy atom. The van der Waals surface area contributed by atoms with Crippen molar-refractivity contribution in [3.05, 3.63) is 18.5 Å². The molecule has 0 atom stereocenters. The van der Waals surface area contributed by atoms with Gasteiger partial charge < -0.3 is 5.32 Å². The Morgan fingerprint density at radius 2 is 2.31 bits per heavy atom. The molecule has 4 heteroatoms. The molecule has 1 aromatic heterocycles. The first kappa shape index (κ1) is 12.7. The van der Waals surface area contributed by atoms with Crippen molar-refractivity contribution in [3.8, 4) is 6.07 Å². The van der Waals surface area contributed by atoms with Gasteiger partial charge in [0.2, 0.25) is 0 Å². The standard InChI is InChI=1S/C12H20N4/c1-12(2,5-3-6-13)11-14-8-10-16-9-4-7-15-16/h4,7,9,14H,3,5,8,10-11H2,1-2H3. The highest BCUT2D eigenvalue weighted by atomic mass is 15.3. The monoisotopic (exact) mass is 220 g/mol. The smallest absolute Gasteiger partial charge is 0.0621 e. The lowest BCUT2D eigenvalue weighted by atomic mass is 9.88. The van der Waals surface area contributed by atoms with Gasteiger partial charge in [0, 0.05) is 31.9 Å². The second-order valence-electron chi connectivity index (χ2n) is 4.77. The molecule has 0 aromatic carbocycles. The summed E-state index contributed by atoms with van der Waals surface area (Å²) in [5.41, 5.74) is 0.194. The van der Waals surface area contributed by atoms with Gasteiger partial charge in [-0.3, -0.25) is 4.68 Å². The first-order chi connectivity index (χ1) is 7.64. The topological polar surface area (TPSA) is 53.6 Å². The molecule has 1 heterocycles. The molecule has 0 bridgehead atoms. The molecule has 0 unspecified atom stereocenters. The normalized spacial score (nSPS) is 11.3. The van der Waals surface area contributed by atoms with Crippen molar-refractivity contribution in [2.24, 2.45) is 5.41 Å². The second kappa shape index (κ2) is 6.29. The van der Waals surface area contributed by atoms with Crippen molar-refractivity contribution in [1.29, 1.82) is 5.26 Å². The summed E-state index contributed by atoms with van der Waals surface area (Å²) in [6.07, 6.45) is 5.32. The summed E-state index contributed by atoms with van der Waals surface area (Å²) in [4.78, 5) is 0. The van der Waals surface area contributed by atoms with Gasteiger partial charge in [-0.2, -0.15) is 10.4 Å². The fraction of sp³-hybridized carbons (Fsp3) is 0.667. The minimum Gasteiger partial charge on any atom is -0.314 e. The third-order valence-corrected chi connectivity index (χ3v) is 2.59. The maximum Gasteiger partial charge on any atom is 0.0621 e. The summed E-state index contributed by atoms with van der Waals surface area (Å²) in [7, 11) is 0. The number of nitrogens with one attached hydrogen (secondary N) is 1. The molecule has 0 fully saturated rings. The highest BCUT2D eigenvalue weighted by Gasteiger charge is 2.16. The van der Waals surface area contributed by atoms with Crippen LogP contribution in [0.5, 0.6) is 0 Å². The number of rotatable bonds is 7. The molecule has 0 aliphatic rings. The average Bonchev–Trinajstić information content (AvgIpc) is 2.75. The summed E-state index contributed by atoms with van der Waals surface area (Å²) >= 11 is 0. The molecular formula is C12H20N4. The van der Waals surface area contributed by atoms with Crippen molar-refractivity contribution in [2.75, 3.05) is 13.1 Å². The van der Waals surface area contributed by atoms with E-state index in [0.29, 0.717) is 6.42 Å². The SMILES string of the molecule is CC(C)(CCC#N)CNCCn1cccn1. The third kappa shape index (κ3) is 4.94. The van der Waals surface area contributed by atoms with E-state index in [1.54, 1.807) is 6.20 Å². The molecule has 0 amide bonds. The zero-order valence-corrected chi connectivity index (χ0v) is 10.1. The molecule has 0 saturated carbocycles. The van der Waals surface area contributed by atoms with Crippen LogP contribution in [0.3, 0.4) is 0 Å². The molecule has 0 aliphatic carbocycles. The quantitative estimate of drug-likeness (QED) is 0.713. The minimum absolute atomic E-state index is 0.194. The molecule has 0 aliphatic heterocycles. The number of hydrogen-bond donors (Lipinski definition) is 1. The Kier molecular flexibility index (Phi) is 5.00. The average molecular weight is 220 g/mol. The van der Waals surface area contributed by atoms with Gasteiger partial charge in [-0.15, -0.1) is 0 Å². The summed E-state index contributed by atoms with van der Waals surface area (Å²) in [5.74, 6) is 0. The number of nitriles is 1. The van der Waals surface area contributed by atoms with Crippen LogP contribution < -0.4 is 5.32 Å². The van der Waals surface area contributed by atoms with Crippen molar-refractivity contribution in [3.63, 3.8) is 0 Å². The van der Waals surface area contributed by atoms with Crippen LogP contribution in [-0.4, -0.2) is 22.9 Å². The fourth-order valence-electron chi connectivity index (χ4n) is 1.54. The van der Waals surface area contributed by atoms with Gasteiger partial charge in [0.1, 0.15) is 0 Å². The van der Waals surface area contributed by atoms with E-state index in [4.69, 9.17) is 5.26 Å². The molecular weight excluding hydrogens is 200 g/mol. The maximum absolute atomic E-state index is 8.54. The van der Waals surface area contributed by atoms with Crippen LogP contribution >= 0.6 is 0 Å². The zero-order valence-electron chi connectivity index (χ0n) is 10.1. The maximum atomic E-state index is 8.54. The van der Waals surface area contributed by atoms with Crippen LogP contribution in [0.25, 0.3) is 0 Å². The lowest BCUT2D eigenvalue weighted by Gasteiger charge is -2.23. The van der Waals surface area contributed by atoms with Gasteiger partial charge >= 0.3 is 0 Å². The molecule has 0 spiro atoms. The largest absolute Gasteiger partial charge is 0.314 e. The van der Waals surface area contributed by atoms with E-state index >= 15 is 0 Å². The van der Waals surface area contributed by atoms with Gasteiger partial charge in [-0.25, -0.2) is 0 Å². The van der Waals surface area contributed by atoms with E-state index < -0.39 is 0 Å². The fourth-order valence-corrected chi connectivity index (χ4v) is 1.54. The Hall–Kier alpha value is -1.34. The van der Waals surface area contributed by atoms with Gasteiger partial charge in [0.25, 0.3) is 0 Å². The second-order valence-corrected chi connectivity index (χ2v) is 4.77. The number of nitrogens with zero attached hydrogens (tertiary/aromatic N) is 3. The Bertz CT molecular complexity index is 321. The first-order valence-corrected chi connectivity index (χ1v) is 5.69. The highest BCUT2D eigenvalue weighted by Crippen LogP contribution is 2.20. The van der Waals surface area contributed by atoms with Gasteiger partial charge in [-0.05, 0) is 17.9 Å². The van der Waals surface area contributed by atoms with Crippen LogP contribution in [0.1, 0.15) is 26.7 Å². The van der Waals surface area contributed by atoms with Crippen LogP contribution in [0.4, 0.5) is 0 Å². The van der Waals surface area contributed by atoms with Gasteiger partial charge in [0.15, 0.2) is 0 Å². The van der Waals surface area contributed by atoms with Crippen LogP contribution in [0.2, 0.25) is 0 Å². The zero-order chi connectivity index (χ0) is 11.9. The lowest BCUT2D eigenvalue weighted by Crippen LogP contribution is -2.31. The number of hydrogen-bond acceptors (Lipinski definition) is 3.